The summed E-state index contributed by atoms with van der Waals surface area (Å²) < 4.78 is 11.3. The Morgan fingerprint density at radius 1 is 1.00 bits per heavy atom. The van der Waals surface area contributed by atoms with Crippen LogP contribution in [0.1, 0.15) is 38.0 Å². The quantitative estimate of drug-likeness (QED) is 0.758. The Balaban J connectivity index is 2.52. The van der Waals surface area contributed by atoms with Gasteiger partial charge in [-0.1, -0.05) is 29.8 Å². The third-order valence-electron chi connectivity index (χ3n) is 2.72. The molecule has 0 aliphatic heterocycles. The molecule has 0 saturated heterocycles. The second kappa shape index (κ2) is 7.52. The predicted molar refractivity (Wildman–Crippen MR) is 74.6 cm³/mol. The lowest BCUT2D eigenvalue weighted by Gasteiger charge is -2.22. The maximum Gasteiger partial charge on any atom is 0.0974 e. The standard InChI is InChI=1S/C15H25NO2/c1-11(2)17-9-10-18-15(13(4)16)14-7-5-12(3)6-8-14/h5-8,11,13,15H,9-10,16H2,1-4H3. The highest BCUT2D eigenvalue weighted by atomic mass is 16.5. The molecule has 18 heavy (non-hydrogen) atoms. The summed E-state index contributed by atoms with van der Waals surface area (Å²) in [7, 11) is 0. The molecule has 3 heteroatoms. The van der Waals surface area contributed by atoms with Crippen LogP contribution in [0, 0.1) is 6.92 Å². The molecule has 3 nitrogen and oxygen atoms in total. The number of nitrogens with two attached hydrogens (primary N) is 1. The van der Waals surface area contributed by atoms with Gasteiger partial charge in [0.1, 0.15) is 0 Å². The van der Waals surface area contributed by atoms with Crippen molar-refractivity contribution in [2.24, 2.45) is 5.73 Å². The van der Waals surface area contributed by atoms with E-state index in [-0.39, 0.29) is 18.2 Å². The van der Waals surface area contributed by atoms with Crippen molar-refractivity contribution in [1.29, 1.82) is 0 Å². The van der Waals surface area contributed by atoms with Gasteiger partial charge in [0.2, 0.25) is 0 Å². The van der Waals surface area contributed by atoms with Crippen molar-refractivity contribution in [2.75, 3.05) is 13.2 Å². The van der Waals surface area contributed by atoms with Crippen molar-refractivity contribution in [3.8, 4) is 0 Å². The summed E-state index contributed by atoms with van der Waals surface area (Å²) in [6.45, 7) is 9.24. The summed E-state index contributed by atoms with van der Waals surface area (Å²) in [6, 6.07) is 8.28. The minimum absolute atomic E-state index is 0.0354. The van der Waals surface area contributed by atoms with Gasteiger partial charge in [-0.05, 0) is 33.3 Å². The molecule has 0 aliphatic rings. The molecule has 0 aliphatic carbocycles. The molecule has 0 fully saturated rings. The van der Waals surface area contributed by atoms with Crippen molar-refractivity contribution in [2.45, 2.75) is 45.9 Å². The van der Waals surface area contributed by atoms with Crippen LogP contribution < -0.4 is 5.73 Å². The van der Waals surface area contributed by atoms with Crippen LogP contribution in [0.2, 0.25) is 0 Å². The highest BCUT2D eigenvalue weighted by molar-refractivity contribution is 5.24. The van der Waals surface area contributed by atoms with Crippen molar-refractivity contribution in [1.82, 2.24) is 0 Å². The average molecular weight is 251 g/mol. The van der Waals surface area contributed by atoms with E-state index in [1.54, 1.807) is 0 Å². The van der Waals surface area contributed by atoms with Crippen molar-refractivity contribution >= 4 is 0 Å². The molecular weight excluding hydrogens is 226 g/mol. The number of hydrogen-bond donors (Lipinski definition) is 1. The van der Waals surface area contributed by atoms with Gasteiger partial charge in [-0.2, -0.15) is 0 Å². The van der Waals surface area contributed by atoms with E-state index in [0.717, 1.165) is 5.56 Å². The number of benzene rings is 1. The van der Waals surface area contributed by atoms with Crippen LogP contribution >= 0.6 is 0 Å². The SMILES string of the molecule is Cc1ccc(C(OCCOC(C)C)C(C)N)cc1. The molecule has 1 aromatic carbocycles. The van der Waals surface area contributed by atoms with Gasteiger partial charge in [-0.25, -0.2) is 0 Å². The van der Waals surface area contributed by atoms with E-state index in [2.05, 4.69) is 31.2 Å². The monoisotopic (exact) mass is 251 g/mol. The highest BCUT2D eigenvalue weighted by Crippen LogP contribution is 2.20. The molecule has 2 N–H and O–H groups in total. The average Bonchev–Trinajstić information content (AvgIpc) is 2.30. The zero-order valence-electron chi connectivity index (χ0n) is 11.8. The number of ether oxygens (including phenoxy) is 2. The van der Waals surface area contributed by atoms with Gasteiger partial charge in [-0.15, -0.1) is 0 Å². The smallest absolute Gasteiger partial charge is 0.0974 e. The minimum atomic E-state index is -0.0682. The van der Waals surface area contributed by atoms with E-state index in [0.29, 0.717) is 13.2 Å². The zero-order valence-corrected chi connectivity index (χ0v) is 11.8. The third kappa shape index (κ3) is 5.17. The first kappa shape index (κ1) is 15.2. The molecule has 0 aromatic heterocycles. The van der Waals surface area contributed by atoms with Gasteiger partial charge in [0.05, 0.1) is 25.4 Å². The van der Waals surface area contributed by atoms with Gasteiger partial charge in [0.15, 0.2) is 0 Å². The number of hydrogen-bond acceptors (Lipinski definition) is 3. The van der Waals surface area contributed by atoms with Gasteiger partial charge in [0.25, 0.3) is 0 Å². The van der Waals surface area contributed by atoms with Crippen LogP contribution in [0.5, 0.6) is 0 Å². The van der Waals surface area contributed by atoms with Crippen molar-refractivity contribution < 1.29 is 9.47 Å². The molecule has 0 radical (unpaired) electrons. The van der Waals surface area contributed by atoms with Gasteiger partial charge in [0, 0.05) is 6.04 Å². The topological polar surface area (TPSA) is 44.5 Å². The fraction of sp³-hybridized carbons (Fsp3) is 0.600. The van der Waals surface area contributed by atoms with Crippen LogP contribution in [0.4, 0.5) is 0 Å². The predicted octanol–water partition coefficient (Wildman–Crippen LogP) is 2.82. The molecule has 0 saturated carbocycles. The summed E-state index contributed by atoms with van der Waals surface area (Å²) in [5, 5.41) is 0. The Labute approximate surface area is 110 Å². The van der Waals surface area contributed by atoms with Crippen molar-refractivity contribution in [3.05, 3.63) is 35.4 Å². The number of aryl methyl sites for hydroxylation is 1. The molecule has 2 unspecified atom stereocenters. The second-order valence-corrected chi connectivity index (χ2v) is 4.98. The van der Waals surface area contributed by atoms with E-state index >= 15 is 0 Å². The normalized spacial score (nSPS) is 14.8. The molecule has 0 heterocycles. The van der Waals surface area contributed by atoms with E-state index in [1.807, 2.05) is 20.8 Å². The maximum atomic E-state index is 5.98. The molecule has 1 rings (SSSR count). The van der Waals surface area contributed by atoms with Crippen molar-refractivity contribution in [3.63, 3.8) is 0 Å². The first-order valence-corrected chi connectivity index (χ1v) is 6.56. The van der Waals surface area contributed by atoms with Crippen LogP contribution in [0.15, 0.2) is 24.3 Å². The summed E-state index contributed by atoms with van der Waals surface area (Å²) >= 11 is 0. The highest BCUT2D eigenvalue weighted by Gasteiger charge is 2.16. The van der Waals surface area contributed by atoms with E-state index in [9.17, 15) is 0 Å². The Kier molecular flexibility index (Phi) is 6.33. The molecule has 0 bridgehead atoms. The first-order chi connectivity index (χ1) is 8.50. The lowest BCUT2D eigenvalue weighted by atomic mass is 10.0. The molecule has 0 amide bonds. The fourth-order valence-electron chi connectivity index (χ4n) is 1.77. The summed E-state index contributed by atoms with van der Waals surface area (Å²) in [4.78, 5) is 0. The lowest BCUT2D eigenvalue weighted by Crippen LogP contribution is -2.28. The van der Waals surface area contributed by atoms with Crippen LogP contribution in [-0.4, -0.2) is 25.4 Å². The molecule has 0 spiro atoms. The van der Waals surface area contributed by atoms with Crippen LogP contribution in [0.3, 0.4) is 0 Å². The summed E-state index contributed by atoms with van der Waals surface area (Å²) in [5.41, 5.74) is 8.35. The number of rotatable bonds is 7. The van der Waals surface area contributed by atoms with E-state index in [1.165, 1.54) is 5.56 Å². The molecule has 2 atom stereocenters. The van der Waals surface area contributed by atoms with Gasteiger partial charge >= 0.3 is 0 Å². The fourth-order valence-corrected chi connectivity index (χ4v) is 1.77. The Morgan fingerprint density at radius 2 is 1.56 bits per heavy atom. The summed E-state index contributed by atoms with van der Waals surface area (Å²) in [5.74, 6) is 0. The van der Waals surface area contributed by atoms with E-state index < -0.39 is 0 Å². The second-order valence-electron chi connectivity index (χ2n) is 4.98. The zero-order chi connectivity index (χ0) is 13.5. The Morgan fingerprint density at radius 3 is 2.06 bits per heavy atom. The largest absolute Gasteiger partial charge is 0.376 e. The van der Waals surface area contributed by atoms with Crippen LogP contribution in [-0.2, 0) is 9.47 Å². The van der Waals surface area contributed by atoms with E-state index in [4.69, 9.17) is 15.2 Å². The van der Waals surface area contributed by atoms with Gasteiger partial charge in [-0.3, -0.25) is 0 Å². The third-order valence-corrected chi connectivity index (χ3v) is 2.72. The summed E-state index contributed by atoms with van der Waals surface area (Å²) in [6.07, 6.45) is 0.170. The lowest BCUT2D eigenvalue weighted by molar-refractivity contribution is -0.0201. The Hall–Kier alpha value is -0.900. The Bertz CT molecular complexity index is 333. The maximum absolute atomic E-state index is 5.98. The minimum Gasteiger partial charge on any atom is -0.376 e. The molecule has 1 aromatic rings. The van der Waals surface area contributed by atoms with Crippen LogP contribution in [0.25, 0.3) is 0 Å². The van der Waals surface area contributed by atoms with Gasteiger partial charge < -0.3 is 15.2 Å². The molecular formula is C15H25NO2. The first-order valence-electron chi connectivity index (χ1n) is 6.56. The molecule has 102 valence electrons.